The first-order chi connectivity index (χ1) is 10.1. The van der Waals surface area contributed by atoms with Gasteiger partial charge in [-0.15, -0.1) is 11.3 Å². The summed E-state index contributed by atoms with van der Waals surface area (Å²) in [7, 11) is 1.62. The minimum atomic E-state index is -0.561. The van der Waals surface area contributed by atoms with Crippen molar-refractivity contribution in [2.75, 3.05) is 33.5 Å². The highest BCUT2D eigenvalue weighted by molar-refractivity contribution is 7.12. The van der Waals surface area contributed by atoms with Gasteiger partial charge in [0.05, 0.1) is 18.1 Å². The molecule has 0 spiro atoms. The van der Waals surface area contributed by atoms with Gasteiger partial charge in [0.1, 0.15) is 6.04 Å². The van der Waals surface area contributed by atoms with E-state index in [0.717, 1.165) is 6.42 Å². The van der Waals surface area contributed by atoms with Crippen molar-refractivity contribution in [2.45, 2.75) is 19.4 Å². The van der Waals surface area contributed by atoms with Gasteiger partial charge in [-0.2, -0.15) is 0 Å². The van der Waals surface area contributed by atoms with Crippen molar-refractivity contribution in [1.29, 1.82) is 0 Å². The summed E-state index contributed by atoms with van der Waals surface area (Å²) in [6, 6.07) is 2.96. The Morgan fingerprint density at radius 1 is 1.33 bits per heavy atom. The second kappa shape index (κ2) is 10.3. The van der Waals surface area contributed by atoms with Gasteiger partial charge in [-0.1, -0.05) is 6.07 Å². The first kappa shape index (κ1) is 17.6. The van der Waals surface area contributed by atoms with E-state index in [9.17, 15) is 9.59 Å². The van der Waals surface area contributed by atoms with E-state index in [0.29, 0.717) is 31.2 Å². The van der Waals surface area contributed by atoms with Gasteiger partial charge in [-0.05, 0) is 24.8 Å². The number of amides is 2. The zero-order valence-electron chi connectivity index (χ0n) is 12.4. The number of hydrogen-bond donors (Lipinski definition) is 2. The van der Waals surface area contributed by atoms with Crippen molar-refractivity contribution >= 4 is 23.2 Å². The molecule has 0 fully saturated rings. The fraction of sp³-hybridized carbons (Fsp3) is 0.571. The van der Waals surface area contributed by atoms with Crippen molar-refractivity contribution in [1.82, 2.24) is 10.6 Å². The van der Waals surface area contributed by atoms with Crippen LogP contribution in [-0.2, 0) is 14.3 Å². The van der Waals surface area contributed by atoms with Crippen molar-refractivity contribution < 1.29 is 19.1 Å². The highest BCUT2D eigenvalue weighted by Crippen LogP contribution is 2.07. The minimum absolute atomic E-state index is 0.197. The lowest BCUT2D eigenvalue weighted by atomic mass is 10.3. The Kier molecular flexibility index (Phi) is 8.65. The molecule has 0 aliphatic rings. The third-order valence-electron chi connectivity index (χ3n) is 2.68. The Balaban J connectivity index is 2.12. The maximum absolute atomic E-state index is 11.8. The van der Waals surface area contributed by atoms with Crippen molar-refractivity contribution in [3.8, 4) is 0 Å². The van der Waals surface area contributed by atoms with Crippen LogP contribution >= 0.6 is 11.3 Å². The van der Waals surface area contributed by atoms with Crippen LogP contribution in [0, 0.1) is 0 Å². The molecule has 2 N–H and O–H groups in total. The quantitative estimate of drug-likeness (QED) is 0.633. The Bertz CT molecular complexity index is 423. The third-order valence-corrected chi connectivity index (χ3v) is 3.55. The van der Waals surface area contributed by atoms with E-state index in [1.807, 2.05) is 5.38 Å². The number of carbonyl (C=O) groups is 2. The van der Waals surface area contributed by atoms with Crippen LogP contribution in [0.1, 0.15) is 23.0 Å². The molecule has 7 heteroatoms. The Labute approximate surface area is 128 Å². The maximum Gasteiger partial charge on any atom is 0.261 e. The van der Waals surface area contributed by atoms with E-state index >= 15 is 0 Å². The zero-order chi connectivity index (χ0) is 15.5. The van der Waals surface area contributed by atoms with Crippen LogP contribution in [0.15, 0.2) is 17.5 Å². The largest absolute Gasteiger partial charge is 0.382 e. The van der Waals surface area contributed by atoms with E-state index in [1.54, 1.807) is 26.2 Å². The molecule has 0 saturated carbocycles. The normalized spacial score (nSPS) is 11.9. The van der Waals surface area contributed by atoms with Crippen molar-refractivity contribution in [2.24, 2.45) is 0 Å². The number of ether oxygens (including phenoxy) is 2. The van der Waals surface area contributed by atoms with Crippen LogP contribution < -0.4 is 10.6 Å². The van der Waals surface area contributed by atoms with Gasteiger partial charge < -0.3 is 20.1 Å². The van der Waals surface area contributed by atoms with Crippen LogP contribution in [0.3, 0.4) is 0 Å². The smallest absolute Gasteiger partial charge is 0.261 e. The second-order valence-electron chi connectivity index (χ2n) is 4.42. The van der Waals surface area contributed by atoms with Gasteiger partial charge in [0.25, 0.3) is 5.91 Å². The molecule has 0 aliphatic heterocycles. The van der Waals surface area contributed by atoms with E-state index < -0.39 is 6.04 Å². The molecule has 0 saturated heterocycles. The Hall–Kier alpha value is -1.44. The number of thiophene rings is 1. The third kappa shape index (κ3) is 7.22. The van der Waals surface area contributed by atoms with Crippen LogP contribution in [0.2, 0.25) is 0 Å². The lowest BCUT2D eigenvalue weighted by Gasteiger charge is -2.13. The molecule has 1 aromatic heterocycles. The summed E-state index contributed by atoms with van der Waals surface area (Å²) < 4.78 is 10.1. The Morgan fingerprint density at radius 2 is 2.14 bits per heavy atom. The number of methoxy groups -OCH3 is 1. The number of nitrogens with one attached hydrogen (secondary N) is 2. The topological polar surface area (TPSA) is 76.7 Å². The molecule has 6 nitrogen and oxygen atoms in total. The van der Waals surface area contributed by atoms with Gasteiger partial charge in [-0.25, -0.2) is 0 Å². The lowest BCUT2D eigenvalue weighted by molar-refractivity contribution is -0.122. The second-order valence-corrected chi connectivity index (χ2v) is 5.37. The van der Waals surface area contributed by atoms with Gasteiger partial charge in [0, 0.05) is 20.3 Å². The lowest BCUT2D eigenvalue weighted by Crippen LogP contribution is -2.45. The summed E-state index contributed by atoms with van der Waals surface area (Å²) in [5.74, 6) is -0.424. The van der Waals surface area contributed by atoms with Crippen LogP contribution in [0.25, 0.3) is 0 Å². The molecule has 2 amide bonds. The molecule has 1 aromatic rings. The minimum Gasteiger partial charge on any atom is -0.382 e. The summed E-state index contributed by atoms with van der Waals surface area (Å²) in [6.07, 6.45) is 0.723. The number of carbonyl (C=O) groups excluding carboxylic acids is 2. The van der Waals surface area contributed by atoms with Gasteiger partial charge in [-0.3, -0.25) is 9.59 Å². The first-order valence-electron chi connectivity index (χ1n) is 6.84. The van der Waals surface area contributed by atoms with Gasteiger partial charge in [0.15, 0.2) is 0 Å². The average molecular weight is 314 g/mol. The molecule has 21 heavy (non-hydrogen) atoms. The number of rotatable bonds is 10. The molecular weight excluding hydrogens is 292 g/mol. The molecule has 0 bridgehead atoms. The average Bonchev–Trinajstić information content (AvgIpc) is 3.00. The highest BCUT2D eigenvalue weighted by Gasteiger charge is 2.16. The molecule has 0 aliphatic carbocycles. The van der Waals surface area contributed by atoms with Gasteiger partial charge in [0.2, 0.25) is 5.91 Å². The number of hydrogen-bond acceptors (Lipinski definition) is 5. The van der Waals surface area contributed by atoms with Crippen molar-refractivity contribution in [3.05, 3.63) is 22.4 Å². The van der Waals surface area contributed by atoms with Gasteiger partial charge >= 0.3 is 0 Å². The molecule has 1 rings (SSSR count). The monoisotopic (exact) mass is 314 g/mol. The van der Waals surface area contributed by atoms with E-state index in [-0.39, 0.29) is 11.8 Å². The predicted molar refractivity (Wildman–Crippen MR) is 81.6 cm³/mol. The zero-order valence-corrected chi connectivity index (χ0v) is 13.2. The molecule has 118 valence electrons. The van der Waals surface area contributed by atoms with Crippen LogP contribution in [0.4, 0.5) is 0 Å². The van der Waals surface area contributed by atoms with Crippen LogP contribution in [-0.4, -0.2) is 51.3 Å². The molecule has 0 radical (unpaired) electrons. The Morgan fingerprint density at radius 3 is 2.81 bits per heavy atom. The summed E-state index contributed by atoms with van der Waals surface area (Å²) in [5, 5.41) is 7.25. The van der Waals surface area contributed by atoms with Crippen molar-refractivity contribution in [3.63, 3.8) is 0 Å². The summed E-state index contributed by atoms with van der Waals surface area (Å²) in [4.78, 5) is 24.2. The fourth-order valence-corrected chi connectivity index (χ4v) is 2.15. The predicted octanol–water partition coefficient (Wildman–Crippen LogP) is 1.04. The van der Waals surface area contributed by atoms with E-state index in [1.165, 1.54) is 11.3 Å². The summed E-state index contributed by atoms with van der Waals surface area (Å²) in [5.41, 5.74) is 0. The SMILES string of the molecule is COCCOCCCNC(=O)C(C)NC(=O)c1cccs1. The van der Waals surface area contributed by atoms with E-state index in [4.69, 9.17) is 9.47 Å². The molecule has 1 atom stereocenters. The maximum atomic E-state index is 11.8. The molecule has 1 heterocycles. The molecular formula is C14H22N2O4S. The highest BCUT2D eigenvalue weighted by atomic mass is 32.1. The van der Waals surface area contributed by atoms with E-state index in [2.05, 4.69) is 10.6 Å². The molecule has 0 aromatic carbocycles. The van der Waals surface area contributed by atoms with Crippen LogP contribution in [0.5, 0.6) is 0 Å². The fourth-order valence-electron chi connectivity index (χ4n) is 1.52. The summed E-state index contributed by atoms with van der Waals surface area (Å²) >= 11 is 1.35. The summed E-state index contributed by atoms with van der Waals surface area (Å²) in [6.45, 7) is 3.87. The molecule has 1 unspecified atom stereocenters. The standard InChI is InChI=1S/C14H22N2O4S/c1-11(16-14(18)12-5-3-10-21-12)13(17)15-6-4-7-20-9-8-19-2/h3,5,10-11H,4,6-9H2,1-2H3,(H,15,17)(H,16,18). The first-order valence-corrected chi connectivity index (χ1v) is 7.72.